The molecule has 10 heteroatoms. The van der Waals surface area contributed by atoms with E-state index in [-0.39, 0.29) is 5.91 Å². The Bertz CT molecular complexity index is 728. The second kappa shape index (κ2) is 7.26. The minimum absolute atomic E-state index is 0.00637. The van der Waals surface area contributed by atoms with Gasteiger partial charge in [0.1, 0.15) is 0 Å². The molecule has 27 heavy (non-hydrogen) atoms. The van der Waals surface area contributed by atoms with Crippen LogP contribution < -0.4 is 20.1 Å². The lowest BCUT2D eigenvalue weighted by molar-refractivity contribution is -0.192. The zero-order chi connectivity index (χ0) is 20.5. The van der Waals surface area contributed by atoms with Crippen molar-refractivity contribution in [3.63, 3.8) is 0 Å². The van der Waals surface area contributed by atoms with Crippen molar-refractivity contribution in [2.45, 2.75) is 51.1 Å². The van der Waals surface area contributed by atoms with E-state index in [0.717, 1.165) is 25.1 Å². The second-order valence-corrected chi connectivity index (χ2v) is 6.88. The third-order valence-corrected chi connectivity index (χ3v) is 4.03. The normalized spacial score (nSPS) is 22.6. The maximum Gasteiger partial charge on any atom is 0.490 e. The number of carbonyl (C=O) groups excluding carboxylic acids is 1. The molecule has 2 aliphatic rings. The van der Waals surface area contributed by atoms with Gasteiger partial charge in [0.05, 0.1) is 5.54 Å². The number of benzene rings is 1. The molecule has 1 atom stereocenters. The summed E-state index contributed by atoms with van der Waals surface area (Å²) < 4.78 is 43.0. The van der Waals surface area contributed by atoms with E-state index >= 15 is 0 Å². The minimum atomic E-state index is -5.08. The fraction of sp³-hybridized carbons (Fsp3) is 0.529. The monoisotopic (exact) mass is 390 g/mol. The summed E-state index contributed by atoms with van der Waals surface area (Å²) in [6, 6.07) is 5.46. The minimum Gasteiger partial charge on any atom is -0.475 e. The molecular formula is C17H21F3N2O5. The van der Waals surface area contributed by atoms with E-state index in [1.54, 1.807) is 6.07 Å². The lowest BCUT2D eigenvalue weighted by Gasteiger charge is -2.23. The first-order chi connectivity index (χ1) is 12.3. The van der Waals surface area contributed by atoms with Crippen molar-refractivity contribution in [1.82, 2.24) is 5.32 Å². The maximum absolute atomic E-state index is 12.3. The van der Waals surface area contributed by atoms with Gasteiger partial charge in [-0.2, -0.15) is 13.2 Å². The number of alkyl halides is 3. The molecule has 3 rings (SSSR count). The summed E-state index contributed by atoms with van der Waals surface area (Å²) in [5.41, 5.74) is 0.250. The molecule has 7 nitrogen and oxygen atoms in total. The summed E-state index contributed by atoms with van der Waals surface area (Å²) >= 11 is 0. The maximum atomic E-state index is 12.3. The molecule has 0 aromatic heterocycles. The Morgan fingerprint density at radius 3 is 2.30 bits per heavy atom. The van der Waals surface area contributed by atoms with Gasteiger partial charge in [0, 0.05) is 25.6 Å². The van der Waals surface area contributed by atoms with Crippen LogP contribution in [0.2, 0.25) is 0 Å². The first-order valence-corrected chi connectivity index (χ1v) is 8.21. The highest BCUT2D eigenvalue weighted by Crippen LogP contribution is 2.40. The molecule has 3 N–H and O–H groups in total. The molecule has 1 amide bonds. The zero-order valence-electron chi connectivity index (χ0n) is 15.1. The summed E-state index contributed by atoms with van der Waals surface area (Å²) in [7, 11) is 0. The van der Waals surface area contributed by atoms with Crippen LogP contribution in [0.4, 0.5) is 18.9 Å². The van der Waals surface area contributed by atoms with Gasteiger partial charge >= 0.3 is 12.1 Å². The predicted octanol–water partition coefficient (Wildman–Crippen LogP) is 2.91. The molecule has 0 aliphatic carbocycles. The fourth-order valence-corrected chi connectivity index (χ4v) is 2.66. The number of nitrogens with one attached hydrogen (secondary N) is 2. The summed E-state index contributed by atoms with van der Waals surface area (Å²) in [6.07, 6.45) is -3.20. The van der Waals surface area contributed by atoms with Gasteiger partial charge in [-0.1, -0.05) is 0 Å². The van der Waals surface area contributed by atoms with Crippen molar-refractivity contribution in [2.24, 2.45) is 0 Å². The molecule has 0 spiro atoms. The summed E-state index contributed by atoms with van der Waals surface area (Å²) in [5.74, 6) is -2.04. The summed E-state index contributed by atoms with van der Waals surface area (Å²) in [6.45, 7) is 6.54. The number of aliphatic carboxylic acids is 1. The number of hydrogen-bond acceptors (Lipinski definition) is 5. The predicted molar refractivity (Wildman–Crippen MR) is 89.7 cm³/mol. The largest absolute Gasteiger partial charge is 0.490 e. The van der Waals surface area contributed by atoms with E-state index in [9.17, 15) is 18.0 Å². The number of carboxylic acid groups (broad SMARTS) is 1. The van der Waals surface area contributed by atoms with Crippen molar-refractivity contribution in [2.75, 3.05) is 11.9 Å². The molecule has 0 radical (unpaired) electrons. The Hall–Kier alpha value is -2.49. The molecule has 0 saturated carbocycles. The Labute approximate surface area is 153 Å². The van der Waals surface area contributed by atoms with Gasteiger partial charge in [-0.3, -0.25) is 4.79 Å². The van der Waals surface area contributed by atoms with Crippen LogP contribution in [0.3, 0.4) is 0 Å². The first-order valence-electron chi connectivity index (χ1n) is 8.21. The number of hydrogen-bond donors (Lipinski definition) is 3. The van der Waals surface area contributed by atoms with E-state index in [2.05, 4.69) is 10.6 Å². The van der Waals surface area contributed by atoms with Gasteiger partial charge in [-0.05, 0) is 38.4 Å². The molecule has 150 valence electrons. The molecule has 1 saturated heterocycles. The Kier molecular flexibility index (Phi) is 5.60. The summed E-state index contributed by atoms with van der Waals surface area (Å²) in [4.78, 5) is 21.2. The van der Waals surface area contributed by atoms with Crippen LogP contribution in [0.25, 0.3) is 0 Å². The Morgan fingerprint density at radius 2 is 1.78 bits per heavy atom. The third kappa shape index (κ3) is 5.25. The van der Waals surface area contributed by atoms with Crippen molar-refractivity contribution < 1.29 is 37.3 Å². The number of halogens is 3. The highest BCUT2D eigenvalue weighted by Gasteiger charge is 2.38. The average molecular weight is 390 g/mol. The molecule has 0 unspecified atom stereocenters. The van der Waals surface area contributed by atoms with Crippen molar-refractivity contribution >= 4 is 17.6 Å². The highest BCUT2D eigenvalue weighted by molar-refractivity contribution is 5.98. The third-order valence-electron chi connectivity index (χ3n) is 4.03. The van der Waals surface area contributed by atoms with Crippen LogP contribution >= 0.6 is 0 Å². The molecule has 1 aromatic rings. The van der Waals surface area contributed by atoms with Crippen LogP contribution in [-0.2, 0) is 9.59 Å². The lowest BCUT2D eigenvalue weighted by atomic mass is 9.99. The number of rotatable bonds is 2. The number of anilines is 1. The van der Waals surface area contributed by atoms with E-state index in [4.69, 9.17) is 19.4 Å². The standard InChI is InChI=1S/C15H20N2O3.C2HF3O2/c1-14(2)19-11-6-5-10(9-12(11)20-14)17-13(18)15(3)7-4-8-16-15;3-2(4,5)1(6)7/h5-6,9,16H,4,7-8H2,1-3H3,(H,17,18);(H,6,7)/t15-;/m1./s1. The zero-order valence-corrected chi connectivity index (χ0v) is 15.1. The molecule has 2 heterocycles. The lowest BCUT2D eigenvalue weighted by Crippen LogP contribution is -2.47. The molecule has 0 bridgehead atoms. The van der Waals surface area contributed by atoms with E-state index in [0.29, 0.717) is 11.5 Å². The topological polar surface area (TPSA) is 96.9 Å². The first kappa shape index (κ1) is 20.8. The smallest absolute Gasteiger partial charge is 0.475 e. The quantitative estimate of drug-likeness (QED) is 0.719. The fourth-order valence-electron chi connectivity index (χ4n) is 2.66. The number of ether oxygens (including phenoxy) is 2. The van der Waals surface area contributed by atoms with Crippen LogP contribution in [0.15, 0.2) is 18.2 Å². The Morgan fingerprint density at radius 1 is 1.19 bits per heavy atom. The number of amides is 1. The molecule has 1 fully saturated rings. The molecule has 2 aliphatic heterocycles. The van der Waals surface area contributed by atoms with E-state index in [1.807, 2.05) is 32.9 Å². The average Bonchev–Trinajstić information content (AvgIpc) is 3.09. The summed E-state index contributed by atoms with van der Waals surface area (Å²) in [5, 5.41) is 13.3. The number of carboxylic acids is 1. The second-order valence-electron chi connectivity index (χ2n) is 6.88. The number of fused-ring (bicyclic) bond motifs is 1. The van der Waals surface area contributed by atoms with Crippen molar-refractivity contribution in [3.8, 4) is 11.5 Å². The van der Waals surface area contributed by atoms with Crippen LogP contribution in [0.1, 0.15) is 33.6 Å². The van der Waals surface area contributed by atoms with Gasteiger partial charge in [-0.15, -0.1) is 0 Å². The van der Waals surface area contributed by atoms with Gasteiger partial charge < -0.3 is 25.2 Å². The van der Waals surface area contributed by atoms with Crippen LogP contribution in [-0.4, -0.2) is 41.0 Å². The number of carbonyl (C=O) groups is 2. The SMILES string of the molecule is CC1(C)Oc2ccc(NC(=O)[C@@]3(C)CCCN3)cc2O1.O=C(O)C(F)(F)F. The molecular weight excluding hydrogens is 369 g/mol. The highest BCUT2D eigenvalue weighted by atomic mass is 19.4. The van der Waals surface area contributed by atoms with Crippen molar-refractivity contribution in [3.05, 3.63) is 18.2 Å². The van der Waals surface area contributed by atoms with E-state index in [1.165, 1.54) is 0 Å². The van der Waals surface area contributed by atoms with Gasteiger partial charge in [0.15, 0.2) is 11.5 Å². The van der Waals surface area contributed by atoms with Crippen LogP contribution in [0.5, 0.6) is 11.5 Å². The van der Waals surface area contributed by atoms with Crippen LogP contribution in [0, 0.1) is 0 Å². The van der Waals surface area contributed by atoms with Gasteiger partial charge in [-0.25, -0.2) is 4.79 Å². The van der Waals surface area contributed by atoms with Gasteiger partial charge in [0.25, 0.3) is 0 Å². The van der Waals surface area contributed by atoms with Crippen molar-refractivity contribution in [1.29, 1.82) is 0 Å². The van der Waals surface area contributed by atoms with E-state index < -0.39 is 23.5 Å². The van der Waals surface area contributed by atoms with Gasteiger partial charge in [0.2, 0.25) is 11.7 Å². The Balaban J connectivity index is 0.000000321. The molecule has 1 aromatic carbocycles.